The van der Waals surface area contributed by atoms with Gasteiger partial charge in [0.1, 0.15) is 5.82 Å². The molecule has 0 aliphatic carbocycles. The average molecular weight is 493 g/mol. The van der Waals surface area contributed by atoms with Gasteiger partial charge >= 0.3 is 0 Å². The highest BCUT2D eigenvalue weighted by Crippen LogP contribution is 2.34. The van der Waals surface area contributed by atoms with Gasteiger partial charge in [-0.05, 0) is 48.0 Å². The molecule has 10 heteroatoms. The van der Waals surface area contributed by atoms with Crippen molar-refractivity contribution in [3.05, 3.63) is 77.1 Å². The van der Waals surface area contributed by atoms with Gasteiger partial charge in [0, 0.05) is 17.6 Å². The smallest absolute Gasteiger partial charge is 0.239 e. The molecule has 0 bridgehead atoms. The van der Waals surface area contributed by atoms with Crippen molar-refractivity contribution in [2.75, 3.05) is 26.1 Å². The van der Waals surface area contributed by atoms with Crippen molar-refractivity contribution in [3.8, 4) is 11.5 Å². The summed E-state index contributed by atoms with van der Waals surface area (Å²) in [5.41, 5.74) is 0.944. The first kappa shape index (κ1) is 24.3. The number of ether oxygens (including phenoxy) is 2. The lowest BCUT2D eigenvalue weighted by Gasteiger charge is -2.14. The van der Waals surface area contributed by atoms with Crippen LogP contribution >= 0.6 is 11.6 Å². The number of anilines is 1. The number of methoxy groups -OCH3 is 2. The first-order valence-corrected chi connectivity index (χ1v) is 11.6. The zero-order valence-electron chi connectivity index (χ0n) is 17.9. The molecule has 0 heterocycles. The second-order valence-corrected chi connectivity index (χ2v) is 9.27. The molecule has 33 heavy (non-hydrogen) atoms. The van der Waals surface area contributed by atoms with E-state index in [1.54, 1.807) is 24.3 Å². The second-order valence-electron chi connectivity index (χ2n) is 6.92. The predicted octanol–water partition coefficient (Wildman–Crippen LogP) is 4.06. The molecule has 3 rings (SSSR count). The van der Waals surface area contributed by atoms with Gasteiger partial charge in [0.05, 0.1) is 36.2 Å². The Labute approximate surface area is 196 Å². The van der Waals surface area contributed by atoms with E-state index in [0.29, 0.717) is 10.8 Å². The molecule has 0 aliphatic rings. The van der Waals surface area contributed by atoms with E-state index in [-0.39, 0.29) is 40.2 Å². The quantitative estimate of drug-likeness (QED) is 0.468. The molecular formula is C23H22ClFN2O5S. The van der Waals surface area contributed by atoms with Crippen molar-refractivity contribution < 1.29 is 27.1 Å². The Morgan fingerprint density at radius 3 is 2.33 bits per heavy atom. The maximum Gasteiger partial charge on any atom is 0.239 e. The molecule has 0 spiro atoms. The van der Waals surface area contributed by atoms with Gasteiger partial charge in [0.15, 0.2) is 11.5 Å². The van der Waals surface area contributed by atoms with Gasteiger partial charge < -0.3 is 20.1 Å². The Bertz CT molecular complexity index is 1250. The van der Waals surface area contributed by atoms with Gasteiger partial charge in [0.25, 0.3) is 0 Å². The Balaban J connectivity index is 1.78. The minimum absolute atomic E-state index is 0.0906. The molecule has 3 aromatic carbocycles. The number of hydrogen-bond acceptors (Lipinski definition) is 6. The molecule has 0 saturated carbocycles. The van der Waals surface area contributed by atoms with Gasteiger partial charge in [-0.15, -0.1) is 0 Å². The lowest BCUT2D eigenvalue weighted by atomic mass is 10.2. The Hall–Kier alpha value is -3.30. The summed E-state index contributed by atoms with van der Waals surface area (Å²) in [5, 5.41) is 6.09. The van der Waals surface area contributed by atoms with Crippen LogP contribution in [0, 0.1) is 5.82 Å². The summed E-state index contributed by atoms with van der Waals surface area (Å²) in [7, 11) is -1.33. The molecule has 3 aromatic rings. The van der Waals surface area contributed by atoms with E-state index in [4.69, 9.17) is 21.1 Å². The fourth-order valence-corrected chi connectivity index (χ4v) is 4.60. The molecular weight excluding hydrogens is 471 g/mol. The van der Waals surface area contributed by atoms with Gasteiger partial charge in [-0.25, -0.2) is 12.8 Å². The maximum absolute atomic E-state index is 14.0. The van der Waals surface area contributed by atoms with Crippen LogP contribution in [-0.4, -0.2) is 35.1 Å². The number of rotatable bonds is 9. The highest BCUT2D eigenvalue weighted by molar-refractivity contribution is 7.91. The number of carbonyl (C=O) groups is 1. The van der Waals surface area contributed by atoms with Gasteiger partial charge in [-0.3, -0.25) is 4.79 Å². The van der Waals surface area contributed by atoms with Crippen LogP contribution in [0.3, 0.4) is 0 Å². The van der Waals surface area contributed by atoms with E-state index in [1.807, 2.05) is 0 Å². The van der Waals surface area contributed by atoms with Crippen LogP contribution in [0.25, 0.3) is 0 Å². The molecule has 1 amide bonds. The molecule has 0 aliphatic heterocycles. The third kappa shape index (κ3) is 5.94. The topological polar surface area (TPSA) is 93.7 Å². The van der Waals surface area contributed by atoms with Gasteiger partial charge in [0.2, 0.25) is 15.7 Å². The molecule has 0 fully saturated rings. The molecule has 174 valence electrons. The van der Waals surface area contributed by atoms with Crippen molar-refractivity contribution in [1.82, 2.24) is 5.32 Å². The SMILES string of the molecule is COc1ccc(S(=O)(=O)c2cc(F)ccc2NCC(=O)NCc2ccc(Cl)cc2)cc1OC. The number of hydrogen-bond donors (Lipinski definition) is 2. The van der Waals surface area contributed by atoms with E-state index in [2.05, 4.69) is 10.6 Å². The zero-order chi connectivity index (χ0) is 24.0. The fourth-order valence-electron chi connectivity index (χ4n) is 3.02. The Kier molecular flexibility index (Phi) is 7.78. The largest absolute Gasteiger partial charge is 0.493 e. The Morgan fingerprint density at radius 1 is 0.970 bits per heavy atom. The second kappa shape index (κ2) is 10.5. The number of nitrogens with one attached hydrogen (secondary N) is 2. The van der Waals surface area contributed by atoms with Gasteiger partial charge in [-0.2, -0.15) is 0 Å². The zero-order valence-corrected chi connectivity index (χ0v) is 19.5. The van der Waals surface area contributed by atoms with Crippen LogP contribution in [0.1, 0.15) is 5.56 Å². The minimum atomic E-state index is -4.14. The number of amides is 1. The number of halogens is 2. The summed E-state index contributed by atoms with van der Waals surface area (Å²) >= 11 is 5.84. The van der Waals surface area contributed by atoms with E-state index >= 15 is 0 Å². The third-order valence-electron chi connectivity index (χ3n) is 4.74. The van der Waals surface area contributed by atoms with Crippen LogP contribution in [0.4, 0.5) is 10.1 Å². The molecule has 0 saturated heterocycles. The van der Waals surface area contributed by atoms with Gasteiger partial charge in [-0.1, -0.05) is 23.7 Å². The normalized spacial score (nSPS) is 11.0. The molecule has 0 atom stereocenters. The number of sulfone groups is 1. The number of benzene rings is 3. The summed E-state index contributed by atoms with van der Waals surface area (Å²) < 4.78 is 50.8. The summed E-state index contributed by atoms with van der Waals surface area (Å²) in [6.45, 7) is 0.0611. The number of carbonyl (C=O) groups excluding carboxylic acids is 1. The van der Waals surface area contributed by atoms with Crippen molar-refractivity contribution >= 4 is 33.0 Å². The summed E-state index contributed by atoms with van der Waals surface area (Å²) in [5.74, 6) is -0.534. The van der Waals surface area contributed by atoms with Crippen LogP contribution < -0.4 is 20.1 Å². The molecule has 0 aromatic heterocycles. The molecule has 0 unspecified atom stereocenters. The maximum atomic E-state index is 14.0. The average Bonchev–Trinajstić information content (AvgIpc) is 2.82. The highest BCUT2D eigenvalue weighted by Gasteiger charge is 2.24. The lowest BCUT2D eigenvalue weighted by molar-refractivity contribution is -0.119. The molecule has 2 N–H and O–H groups in total. The minimum Gasteiger partial charge on any atom is -0.493 e. The van der Waals surface area contributed by atoms with E-state index in [9.17, 15) is 17.6 Å². The molecule has 0 radical (unpaired) electrons. The molecule has 7 nitrogen and oxygen atoms in total. The predicted molar refractivity (Wildman–Crippen MR) is 123 cm³/mol. The summed E-state index contributed by atoms with van der Waals surface area (Å²) in [6.07, 6.45) is 0. The van der Waals surface area contributed by atoms with E-state index in [1.165, 1.54) is 38.5 Å². The Morgan fingerprint density at radius 2 is 1.67 bits per heavy atom. The van der Waals surface area contributed by atoms with Crippen molar-refractivity contribution in [2.24, 2.45) is 0 Å². The standard InChI is InChI=1S/C23H22ClFN2O5S/c1-31-20-10-8-18(12-21(20)32-2)33(29,30)22-11-17(25)7-9-19(22)26-14-23(28)27-13-15-3-5-16(24)6-4-15/h3-12,26H,13-14H2,1-2H3,(H,27,28). The monoisotopic (exact) mass is 492 g/mol. The van der Waals surface area contributed by atoms with Crippen molar-refractivity contribution in [3.63, 3.8) is 0 Å². The summed E-state index contributed by atoms with van der Waals surface area (Å²) in [6, 6.07) is 14.4. The van der Waals surface area contributed by atoms with Crippen LogP contribution in [0.2, 0.25) is 5.02 Å². The van der Waals surface area contributed by atoms with E-state index < -0.39 is 15.7 Å². The summed E-state index contributed by atoms with van der Waals surface area (Å²) in [4.78, 5) is 11.8. The van der Waals surface area contributed by atoms with Crippen LogP contribution in [-0.2, 0) is 21.2 Å². The first-order chi connectivity index (χ1) is 15.7. The first-order valence-electron chi connectivity index (χ1n) is 9.76. The van der Waals surface area contributed by atoms with Crippen LogP contribution in [0.15, 0.2) is 70.5 Å². The van der Waals surface area contributed by atoms with E-state index in [0.717, 1.165) is 17.7 Å². The van der Waals surface area contributed by atoms with Crippen molar-refractivity contribution in [2.45, 2.75) is 16.3 Å². The third-order valence-corrected chi connectivity index (χ3v) is 6.78. The highest BCUT2D eigenvalue weighted by atomic mass is 35.5. The lowest BCUT2D eigenvalue weighted by Crippen LogP contribution is -2.29. The fraction of sp³-hybridized carbons (Fsp3) is 0.174. The van der Waals surface area contributed by atoms with Crippen LogP contribution in [0.5, 0.6) is 11.5 Å². The van der Waals surface area contributed by atoms with Crippen molar-refractivity contribution in [1.29, 1.82) is 0 Å².